The van der Waals surface area contributed by atoms with E-state index in [0.29, 0.717) is 29.5 Å². The van der Waals surface area contributed by atoms with E-state index in [0.717, 1.165) is 37.5 Å². The third-order valence-corrected chi connectivity index (χ3v) is 7.86. The molecule has 1 amide bonds. The average molecular weight is 575 g/mol. The highest BCUT2D eigenvalue weighted by atomic mass is 35.5. The molecular weight excluding hydrogens is 551 g/mol. The minimum Gasteiger partial charge on any atom is -0.357 e. The van der Waals surface area contributed by atoms with Crippen LogP contribution in [0.5, 0.6) is 0 Å². The Morgan fingerprint density at radius 3 is 2.12 bits per heavy atom. The number of hydrogen-bond donors (Lipinski definition) is 3. The summed E-state index contributed by atoms with van der Waals surface area (Å²) in [5.74, 6) is -4.21. The Hall–Kier alpha value is -3.84. The second-order valence-electron chi connectivity index (χ2n) is 10.1. The van der Waals surface area contributed by atoms with E-state index in [1.807, 2.05) is 0 Å². The fourth-order valence-electron chi connectivity index (χ4n) is 5.80. The van der Waals surface area contributed by atoms with Crippen molar-refractivity contribution < 1.29 is 26.7 Å². The SMILES string of the molecule is N#Cc1ccc(NC(=O)C(C2CCCCC2)C2(c3ccc(Cl)cc3)Nc3cc(F)c(F)cc3N2)c(C(F)(F)F)c1. The summed E-state index contributed by atoms with van der Waals surface area (Å²) >= 11 is 6.13. The fraction of sp³-hybridized carbons (Fsp3) is 0.310. The summed E-state index contributed by atoms with van der Waals surface area (Å²) in [6, 6.07) is 13.1. The van der Waals surface area contributed by atoms with Gasteiger partial charge >= 0.3 is 6.18 Å². The predicted molar refractivity (Wildman–Crippen MR) is 142 cm³/mol. The minimum atomic E-state index is -4.83. The number of rotatable bonds is 5. The Bertz CT molecular complexity index is 1450. The Morgan fingerprint density at radius 2 is 1.57 bits per heavy atom. The van der Waals surface area contributed by atoms with Crippen molar-refractivity contribution >= 4 is 34.6 Å². The van der Waals surface area contributed by atoms with Gasteiger partial charge in [-0.3, -0.25) is 4.79 Å². The maximum atomic E-state index is 14.2. The standard InChI is InChI=1S/C29H24ClF5N4O/c30-19-9-7-18(8-10-19)28(38-24-13-21(31)22(32)14-25(24)39-28)26(17-4-2-1-3-5-17)27(40)37-23-11-6-16(15-36)12-20(23)29(33,34)35/h6-14,17,26,38-39H,1-5H2,(H,37,40). The molecule has 0 bridgehead atoms. The van der Waals surface area contributed by atoms with Gasteiger partial charge < -0.3 is 16.0 Å². The van der Waals surface area contributed by atoms with Gasteiger partial charge in [0.1, 0.15) is 5.66 Å². The third-order valence-electron chi connectivity index (χ3n) is 7.61. The normalized spacial score (nSPS) is 17.2. The minimum absolute atomic E-state index is 0.203. The summed E-state index contributed by atoms with van der Waals surface area (Å²) in [6.07, 6.45) is -1.02. The van der Waals surface area contributed by atoms with E-state index in [2.05, 4.69) is 16.0 Å². The van der Waals surface area contributed by atoms with Crippen LogP contribution in [-0.4, -0.2) is 5.91 Å². The third kappa shape index (κ3) is 5.18. The summed E-state index contributed by atoms with van der Waals surface area (Å²) in [5.41, 5.74) is -2.39. The lowest BCUT2D eigenvalue weighted by atomic mass is 9.71. The molecule has 0 spiro atoms. The lowest BCUT2D eigenvalue weighted by Gasteiger charge is -2.43. The number of halogens is 6. The smallest absolute Gasteiger partial charge is 0.357 e. The molecule has 1 fully saturated rings. The van der Waals surface area contributed by atoms with Gasteiger partial charge in [0.05, 0.1) is 40.2 Å². The van der Waals surface area contributed by atoms with Crippen molar-refractivity contribution in [3.8, 4) is 6.07 Å². The highest BCUT2D eigenvalue weighted by molar-refractivity contribution is 6.30. The molecule has 3 N–H and O–H groups in total. The van der Waals surface area contributed by atoms with Crippen LogP contribution in [0, 0.1) is 34.8 Å². The lowest BCUT2D eigenvalue weighted by Crippen LogP contribution is -2.54. The van der Waals surface area contributed by atoms with Crippen molar-refractivity contribution in [2.75, 3.05) is 16.0 Å². The molecule has 40 heavy (non-hydrogen) atoms. The zero-order valence-electron chi connectivity index (χ0n) is 21.0. The first-order valence-electron chi connectivity index (χ1n) is 12.8. The van der Waals surface area contributed by atoms with E-state index < -0.39 is 46.5 Å². The molecule has 1 atom stereocenters. The number of fused-ring (bicyclic) bond motifs is 1. The number of amides is 1. The van der Waals surface area contributed by atoms with Crippen LogP contribution >= 0.6 is 11.6 Å². The molecule has 1 heterocycles. The van der Waals surface area contributed by atoms with Crippen molar-refractivity contribution in [3.63, 3.8) is 0 Å². The van der Waals surface area contributed by atoms with Gasteiger partial charge in [-0.15, -0.1) is 0 Å². The number of nitriles is 1. The second-order valence-corrected chi connectivity index (χ2v) is 10.5. The van der Waals surface area contributed by atoms with Crippen LogP contribution in [0.25, 0.3) is 0 Å². The number of carbonyl (C=O) groups is 1. The molecule has 3 aromatic rings. The van der Waals surface area contributed by atoms with Gasteiger partial charge in [-0.05, 0) is 54.7 Å². The molecule has 2 aliphatic rings. The van der Waals surface area contributed by atoms with Crippen molar-refractivity contribution in [2.24, 2.45) is 11.8 Å². The van der Waals surface area contributed by atoms with E-state index in [1.54, 1.807) is 30.3 Å². The molecule has 208 valence electrons. The largest absolute Gasteiger partial charge is 0.418 e. The number of anilines is 3. The summed E-state index contributed by atoms with van der Waals surface area (Å²) in [6.45, 7) is 0. The van der Waals surface area contributed by atoms with Crippen LogP contribution in [0.3, 0.4) is 0 Å². The summed E-state index contributed by atoms with van der Waals surface area (Å²) in [7, 11) is 0. The predicted octanol–water partition coefficient (Wildman–Crippen LogP) is 8.03. The molecule has 0 radical (unpaired) electrons. The Kier molecular flexibility index (Phi) is 7.36. The zero-order valence-corrected chi connectivity index (χ0v) is 21.8. The van der Waals surface area contributed by atoms with Crippen molar-refractivity contribution in [1.82, 2.24) is 0 Å². The number of benzene rings is 3. The van der Waals surface area contributed by atoms with Gasteiger partial charge in [-0.25, -0.2) is 8.78 Å². The van der Waals surface area contributed by atoms with E-state index in [1.165, 1.54) is 6.07 Å². The Labute approximate surface area is 232 Å². The number of nitrogens with zero attached hydrogens (tertiary/aromatic N) is 1. The zero-order chi connectivity index (χ0) is 28.7. The van der Waals surface area contributed by atoms with E-state index in [9.17, 15) is 26.7 Å². The molecule has 1 aliphatic heterocycles. The summed E-state index contributed by atoms with van der Waals surface area (Å²) in [4.78, 5) is 14.2. The lowest BCUT2D eigenvalue weighted by molar-refractivity contribution is -0.137. The molecule has 0 aromatic heterocycles. The highest BCUT2D eigenvalue weighted by Gasteiger charge is 2.52. The van der Waals surface area contributed by atoms with Crippen LogP contribution in [0.2, 0.25) is 5.02 Å². The fourth-order valence-corrected chi connectivity index (χ4v) is 5.93. The summed E-state index contributed by atoms with van der Waals surface area (Å²) < 4.78 is 70.3. The molecule has 5 nitrogen and oxygen atoms in total. The maximum absolute atomic E-state index is 14.2. The molecule has 5 rings (SSSR count). The van der Waals surface area contributed by atoms with E-state index in [-0.39, 0.29) is 22.9 Å². The Morgan fingerprint density at radius 1 is 0.975 bits per heavy atom. The van der Waals surface area contributed by atoms with Gasteiger partial charge in [0.2, 0.25) is 5.91 Å². The first-order chi connectivity index (χ1) is 19.0. The van der Waals surface area contributed by atoms with Crippen LogP contribution in [0.4, 0.5) is 39.0 Å². The Balaban J connectivity index is 1.64. The number of nitrogens with one attached hydrogen (secondary N) is 3. The number of alkyl halides is 3. The van der Waals surface area contributed by atoms with Crippen LogP contribution in [0.15, 0.2) is 54.6 Å². The monoisotopic (exact) mass is 574 g/mol. The van der Waals surface area contributed by atoms with Crippen molar-refractivity contribution in [1.29, 1.82) is 5.26 Å². The van der Waals surface area contributed by atoms with E-state index >= 15 is 0 Å². The second kappa shape index (κ2) is 10.6. The van der Waals surface area contributed by atoms with Crippen LogP contribution in [-0.2, 0) is 16.6 Å². The van der Waals surface area contributed by atoms with Crippen molar-refractivity contribution in [2.45, 2.75) is 43.9 Å². The first kappa shape index (κ1) is 27.7. The topological polar surface area (TPSA) is 77.0 Å². The molecule has 11 heteroatoms. The van der Waals surface area contributed by atoms with Gasteiger partial charge in [0.25, 0.3) is 0 Å². The first-order valence-corrected chi connectivity index (χ1v) is 13.1. The van der Waals surface area contributed by atoms with E-state index in [4.69, 9.17) is 16.9 Å². The quantitative estimate of drug-likeness (QED) is 0.270. The average Bonchev–Trinajstić information content (AvgIpc) is 3.28. The molecule has 1 saturated carbocycles. The number of carbonyl (C=O) groups excluding carboxylic acids is 1. The molecule has 0 saturated heterocycles. The molecule has 3 aromatic carbocycles. The number of hydrogen-bond acceptors (Lipinski definition) is 4. The van der Waals surface area contributed by atoms with Gasteiger partial charge in [0, 0.05) is 17.2 Å². The van der Waals surface area contributed by atoms with Crippen LogP contribution < -0.4 is 16.0 Å². The molecular formula is C29H24ClF5N4O. The molecule has 1 aliphatic carbocycles. The van der Waals surface area contributed by atoms with Crippen molar-refractivity contribution in [3.05, 3.63) is 87.9 Å². The van der Waals surface area contributed by atoms with Gasteiger partial charge in [-0.1, -0.05) is 43.0 Å². The highest BCUT2D eigenvalue weighted by Crippen LogP contribution is 2.50. The maximum Gasteiger partial charge on any atom is 0.418 e. The summed E-state index contributed by atoms with van der Waals surface area (Å²) in [5, 5.41) is 18.4. The van der Waals surface area contributed by atoms with Gasteiger partial charge in [0.15, 0.2) is 11.6 Å². The van der Waals surface area contributed by atoms with Crippen LogP contribution in [0.1, 0.15) is 48.8 Å². The molecule has 1 unspecified atom stereocenters. The van der Waals surface area contributed by atoms with Gasteiger partial charge in [-0.2, -0.15) is 18.4 Å².